The first-order chi connectivity index (χ1) is 7.45. The highest BCUT2D eigenvalue weighted by atomic mass is 19.2. The fourth-order valence-corrected chi connectivity index (χ4v) is 1.31. The molecule has 0 saturated carbocycles. The van der Waals surface area contributed by atoms with Crippen LogP contribution in [0.2, 0.25) is 0 Å². The number of primary amides is 1. The Balaban J connectivity index is 2.93. The summed E-state index contributed by atoms with van der Waals surface area (Å²) in [7, 11) is 0. The van der Waals surface area contributed by atoms with Crippen molar-refractivity contribution in [2.24, 2.45) is 17.4 Å². The first-order valence-electron chi connectivity index (χ1n) is 4.58. The van der Waals surface area contributed by atoms with Crippen molar-refractivity contribution >= 4 is 5.91 Å². The molecule has 1 rings (SSSR count). The molecule has 0 fully saturated rings. The number of halogens is 3. The second kappa shape index (κ2) is 4.98. The summed E-state index contributed by atoms with van der Waals surface area (Å²) in [4.78, 5) is 10.9. The number of nitrogens with two attached hydrogens (primary N) is 2. The standard InChI is InChI=1S/C10H11F3N2O/c11-7-2-5(3-8(12)9(7)13)1-6(4-14)10(15)16/h2-3,6H,1,4,14H2,(H2,15,16)/t6-/m1/s1. The van der Waals surface area contributed by atoms with E-state index < -0.39 is 29.3 Å². The van der Waals surface area contributed by atoms with Crippen LogP contribution in [0, 0.1) is 23.4 Å². The normalized spacial score (nSPS) is 12.5. The molecule has 1 aromatic carbocycles. The van der Waals surface area contributed by atoms with Gasteiger partial charge in [-0.3, -0.25) is 4.79 Å². The van der Waals surface area contributed by atoms with Gasteiger partial charge in [-0.15, -0.1) is 0 Å². The lowest BCUT2D eigenvalue weighted by Gasteiger charge is -2.10. The van der Waals surface area contributed by atoms with Gasteiger partial charge >= 0.3 is 0 Å². The molecule has 0 unspecified atom stereocenters. The third-order valence-electron chi connectivity index (χ3n) is 2.21. The van der Waals surface area contributed by atoms with Crippen LogP contribution in [0.3, 0.4) is 0 Å². The number of hydrogen-bond acceptors (Lipinski definition) is 2. The van der Waals surface area contributed by atoms with Crippen molar-refractivity contribution in [3.05, 3.63) is 35.1 Å². The second-order valence-electron chi connectivity index (χ2n) is 3.41. The van der Waals surface area contributed by atoms with Crippen molar-refractivity contribution < 1.29 is 18.0 Å². The zero-order chi connectivity index (χ0) is 12.3. The van der Waals surface area contributed by atoms with Gasteiger partial charge in [0.1, 0.15) is 0 Å². The van der Waals surface area contributed by atoms with Gasteiger partial charge < -0.3 is 11.5 Å². The van der Waals surface area contributed by atoms with Crippen molar-refractivity contribution in [1.82, 2.24) is 0 Å². The molecule has 1 amide bonds. The zero-order valence-electron chi connectivity index (χ0n) is 8.34. The van der Waals surface area contributed by atoms with E-state index >= 15 is 0 Å². The van der Waals surface area contributed by atoms with Crippen LogP contribution >= 0.6 is 0 Å². The molecule has 1 atom stereocenters. The molecular weight excluding hydrogens is 221 g/mol. The molecule has 0 aromatic heterocycles. The molecule has 0 aliphatic heterocycles. The van der Waals surface area contributed by atoms with E-state index in [1.165, 1.54) is 0 Å². The zero-order valence-corrected chi connectivity index (χ0v) is 8.34. The third kappa shape index (κ3) is 2.73. The summed E-state index contributed by atoms with van der Waals surface area (Å²) >= 11 is 0. The minimum atomic E-state index is -1.54. The Kier molecular flexibility index (Phi) is 3.89. The van der Waals surface area contributed by atoms with Crippen LogP contribution < -0.4 is 11.5 Å². The largest absolute Gasteiger partial charge is 0.369 e. The van der Waals surface area contributed by atoms with Crippen molar-refractivity contribution in [3.63, 3.8) is 0 Å². The average molecular weight is 232 g/mol. The molecule has 0 bridgehead atoms. The topological polar surface area (TPSA) is 69.1 Å². The Labute approximate surface area is 90.2 Å². The molecule has 0 aliphatic rings. The van der Waals surface area contributed by atoms with Gasteiger partial charge in [0.15, 0.2) is 17.5 Å². The predicted molar refractivity (Wildman–Crippen MR) is 51.8 cm³/mol. The fraction of sp³-hybridized carbons (Fsp3) is 0.300. The molecule has 88 valence electrons. The van der Waals surface area contributed by atoms with Gasteiger partial charge in [-0.1, -0.05) is 0 Å². The third-order valence-corrected chi connectivity index (χ3v) is 2.21. The second-order valence-corrected chi connectivity index (χ2v) is 3.41. The van der Waals surface area contributed by atoms with Gasteiger partial charge in [-0.2, -0.15) is 0 Å². The molecule has 16 heavy (non-hydrogen) atoms. The number of amides is 1. The highest BCUT2D eigenvalue weighted by molar-refractivity contribution is 5.77. The van der Waals surface area contributed by atoms with E-state index in [0.717, 1.165) is 12.1 Å². The molecule has 0 aliphatic carbocycles. The lowest BCUT2D eigenvalue weighted by molar-refractivity contribution is -0.121. The maximum absolute atomic E-state index is 12.8. The number of hydrogen-bond donors (Lipinski definition) is 2. The van der Waals surface area contributed by atoms with Crippen molar-refractivity contribution in [3.8, 4) is 0 Å². The summed E-state index contributed by atoms with van der Waals surface area (Å²) in [5.41, 5.74) is 10.4. The Morgan fingerprint density at radius 2 is 1.75 bits per heavy atom. The van der Waals surface area contributed by atoms with Gasteiger partial charge in [0.05, 0.1) is 5.92 Å². The van der Waals surface area contributed by atoms with Crippen LogP contribution in [0.4, 0.5) is 13.2 Å². The Bertz CT molecular complexity index is 386. The van der Waals surface area contributed by atoms with E-state index in [-0.39, 0.29) is 18.5 Å². The van der Waals surface area contributed by atoms with E-state index in [9.17, 15) is 18.0 Å². The van der Waals surface area contributed by atoms with Crippen LogP contribution in [0.15, 0.2) is 12.1 Å². The maximum Gasteiger partial charge on any atom is 0.222 e. The van der Waals surface area contributed by atoms with Crippen LogP contribution in [0.25, 0.3) is 0 Å². The van der Waals surface area contributed by atoms with Crippen molar-refractivity contribution in [2.75, 3.05) is 6.54 Å². The van der Waals surface area contributed by atoms with Gasteiger partial charge in [-0.25, -0.2) is 13.2 Å². The van der Waals surface area contributed by atoms with Gasteiger partial charge in [0.25, 0.3) is 0 Å². The van der Waals surface area contributed by atoms with E-state index in [2.05, 4.69) is 0 Å². The first kappa shape index (κ1) is 12.5. The highest BCUT2D eigenvalue weighted by Crippen LogP contribution is 2.16. The smallest absolute Gasteiger partial charge is 0.222 e. The Morgan fingerprint density at radius 1 is 1.25 bits per heavy atom. The quantitative estimate of drug-likeness (QED) is 0.750. The fourth-order valence-electron chi connectivity index (χ4n) is 1.31. The monoisotopic (exact) mass is 232 g/mol. The summed E-state index contributed by atoms with van der Waals surface area (Å²) in [5, 5.41) is 0. The van der Waals surface area contributed by atoms with Crippen LogP contribution in [-0.2, 0) is 11.2 Å². The Hall–Kier alpha value is -1.56. The lowest BCUT2D eigenvalue weighted by atomic mass is 9.98. The van der Waals surface area contributed by atoms with E-state index in [1.54, 1.807) is 0 Å². The molecule has 0 heterocycles. The lowest BCUT2D eigenvalue weighted by Crippen LogP contribution is -2.31. The minimum Gasteiger partial charge on any atom is -0.369 e. The number of rotatable bonds is 4. The molecule has 0 spiro atoms. The molecule has 1 aromatic rings. The number of carbonyl (C=O) groups is 1. The highest BCUT2D eigenvalue weighted by Gasteiger charge is 2.17. The van der Waals surface area contributed by atoms with Crippen molar-refractivity contribution in [1.29, 1.82) is 0 Å². The van der Waals surface area contributed by atoms with Gasteiger partial charge in [0.2, 0.25) is 5.91 Å². The molecule has 0 radical (unpaired) electrons. The molecular formula is C10H11F3N2O. The van der Waals surface area contributed by atoms with E-state index in [1.807, 2.05) is 0 Å². The molecule has 6 heteroatoms. The van der Waals surface area contributed by atoms with Crippen LogP contribution in [-0.4, -0.2) is 12.5 Å². The summed E-state index contributed by atoms with van der Waals surface area (Å²) in [6.07, 6.45) is -0.0139. The van der Waals surface area contributed by atoms with Crippen LogP contribution in [0.1, 0.15) is 5.56 Å². The van der Waals surface area contributed by atoms with Gasteiger partial charge in [0, 0.05) is 6.54 Å². The van der Waals surface area contributed by atoms with Crippen LogP contribution in [0.5, 0.6) is 0 Å². The average Bonchev–Trinajstić information content (AvgIpc) is 2.21. The van der Waals surface area contributed by atoms with E-state index in [0.29, 0.717) is 0 Å². The predicted octanol–water partition coefficient (Wildman–Crippen LogP) is 0.707. The van der Waals surface area contributed by atoms with E-state index in [4.69, 9.17) is 11.5 Å². The number of carbonyl (C=O) groups excluding carboxylic acids is 1. The Morgan fingerprint density at radius 3 is 2.12 bits per heavy atom. The SMILES string of the molecule is NC[C@@H](Cc1cc(F)c(F)c(F)c1)C(N)=O. The first-order valence-corrected chi connectivity index (χ1v) is 4.58. The van der Waals surface area contributed by atoms with Crippen molar-refractivity contribution in [2.45, 2.75) is 6.42 Å². The molecule has 4 N–H and O–H groups in total. The number of benzene rings is 1. The summed E-state index contributed by atoms with van der Waals surface area (Å²) in [6.45, 7) is -0.0318. The molecule has 0 saturated heterocycles. The minimum absolute atomic E-state index is 0.0139. The van der Waals surface area contributed by atoms with Gasteiger partial charge in [-0.05, 0) is 24.1 Å². The summed E-state index contributed by atoms with van der Waals surface area (Å²) in [5.74, 6) is -5.51. The summed E-state index contributed by atoms with van der Waals surface area (Å²) in [6, 6.07) is 1.65. The maximum atomic E-state index is 12.8. The molecule has 3 nitrogen and oxygen atoms in total. The summed E-state index contributed by atoms with van der Waals surface area (Å²) < 4.78 is 38.3.